The maximum atomic E-state index is 13.6. The first-order chi connectivity index (χ1) is 8.51. The van der Waals surface area contributed by atoms with Gasteiger partial charge in [-0.25, -0.2) is 12.8 Å². The highest BCUT2D eigenvalue weighted by molar-refractivity contribution is 7.89. The number of hydrogen-bond acceptors (Lipinski definition) is 3. The van der Waals surface area contributed by atoms with Crippen LogP contribution in [0, 0.1) is 5.82 Å². The predicted molar refractivity (Wildman–Crippen MR) is 68.1 cm³/mol. The molecule has 1 atom stereocenters. The standard InChI is InChI=1S/C12H17FN2O2S/c1-10-8-14-6-7-15(18(10,16)17)9-11-4-2-3-5-12(11)13/h2-5,10,14H,6-9H2,1H3. The van der Waals surface area contributed by atoms with Crippen molar-refractivity contribution >= 4 is 10.0 Å². The van der Waals surface area contributed by atoms with Gasteiger partial charge in [-0.15, -0.1) is 0 Å². The molecule has 0 amide bonds. The Morgan fingerprint density at radius 1 is 1.44 bits per heavy atom. The molecule has 100 valence electrons. The third kappa shape index (κ3) is 2.71. The number of sulfonamides is 1. The molecule has 1 aromatic carbocycles. The minimum atomic E-state index is -3.35. The molecule has 0 aliphatic carbocycles. The summed E-state index contributed by atoms with van der Waals surface area (Å²) < 4.78 is 39.3. The quantitative estimate of drug-likeness (QED) is 0.872. The van der Waals surface area contributed by atoms with E-state index in [9.17, 15) is 12.8 Å². The summed E-state index contributed by atoms with van der Waals surface area (Å²) in [5.74, 6) is -0.363. The smallest absolute Gasteiger partial charge is 0.218 e. The summed E-state index contributed by atoms with van der Waals surface area (Å²) in [7, 11) is -3.35. The zero-order chi connectivity index (χ0) is 13.2. The lowest BCUT2D eigenvalue weighted by atomic mass is 10.2. The van der Waals surface area contributed by atoms with Crippen LogP contribution >= 0.6 is 0 Å². The van der Waals surface area contributed by atoms with Crippen LogP contribution in [-0.4, -0.2) is 37.6 Å². The molecule has 1 aliphatic heterocycles. The SMILES string of the molecule is CC1CNCCN(Cc2ccccc2F)S1(=O)=O. The van der Waals surface area contributed by atoms with Gasteiger partial charge in [-0.1, -0.05) is 18.2 Å². The van der Waals surface area contributed by atoms with Gasteiger partial charge in [0.2, 0.25) is 10.0 Å². The normalized spacial score (nSPS) is 24.7. The van der Waals surface area contributed by atoms with E-state index in [0.717, 1.165) is 0 Å². The number of rotatable bonds is 2. The average molecular weight is 272 g/mol. The van der Waals surface area contributed by atoms with Crippen molar-refractivity contribution in [1.82, 2.24) is 9.62 Å². The average Bonchev–Trinajstić information content (AvgIpc) is 2.45. The molecule has 1 aromatic rings. The molecule has 0 aromatic heterocycles. The lowest BCUT2D eigenvalue weighted by molar-refractivity contribution is 0.405. The van der Waals surface area contributed by atoms with Gasteiger partial charge in [0.05, 0.1) is 5.25 Å². The van der Waals surface area contributed by atoms with Gasteiger partial charge in [-0.05, 0) is 13.0 Å². The van der Waals surface area contributed by atoms with Crippen LogP contribution in [-0.2, 0) is 16.6 Å². The van der Waals surface area contributed by atoms with Crippen molar-refractivity contribution in [1.29, 1.82) is 0 Å². The van der Waals surface area contributed by atoms with Crippen molar-refractivity contribution in [3.8, 4) is 0 Å². The van der Waals surface area contributed by atoms with E-state index < -0.39 is 15.3 Å². The summed E-state index contributed by atoms with van der Waals surface area (Å²) in [4.78, 5) is 0. The molecular formula is C12H17FN2O2S. The van der Waals surface area contributed by atoms with E-state index in [4.69, 9.17) is 0 Å². The van der Waals surface area contributed by atoms with Gasteiger partial charge in [0.15, 0.2) is 0 Å². The Hall–Kier alpha value is -0.980. The Labute approximate surface area is 107 Å². The monoisotopic (exact) mass is 272 g/mol. The number of nitrogens with one attached hydrogen (secondary N) is 1. The summed E-state index contributed by atoms with van der Waals surface area (Å²) in [6.07, 6.45) is 0. The number of nitrogens with zero attached hydrogens (tertiary/aromatic N) is 1. The van der Waals surface area contributed by atoms with Gasteiger partial charge in [-0.2, -0.15) is 4.31 Å². The van der Waals surface area contributed by atoms with Crippen LogP contribution < -0.4 is 5.32 Å². The Kier molecular flexibility index (Phi) is 3.99. The number of halogens is 1. The van der Waals surface area contributed by atoms with Gasteiger partial charge in [0, 0.05) is 31.7 Å². The fraction of sp³-hybridized carbons (Fsp3) is 0.500. The Bertz CT molecular complexity index is 519. The van der Waals surface area contributed by atoms with Crippen molar-refractivity contribution < 1.29 is 12.8 Å². The third-order valence-electron chi connectivity index (χ3n) is 3.14. The zero-order valence-corrected chi connectivity index (χ0v) is 11.1. The summed E-state index contributed by atoms with van der Waals surface area (Å²) in [5.41, 5.74) is 0.412. The molecule has 6 heteroatoms. The van der Waals surface area contributed by atoms with Crippen LogP contribution in [0.25, 0.3) is 0 Å². The van der Waals surface area contributed by atoms with E-state index in [1.54, 1.807) is 25.1 Å². The summed E-state index contributed by atoms with van der Waals surface area (Å²) >= 11 is 0. The Balaban J connectivity index is 2.24. The van der Waals surface area contributed by atoms with Crippen LogP contribution in [0.15, 0.2) is 24.3 Å². The molecule has 4 nitrogen and oxygen atoms in total. The van der Waals surface area contributed by atoms with E-state index in [1.165, 1.54) is 10.4 Å². The minimum Gasteiger partial charge on any atom is -0.314 e. The highest BCUT2D eigenvalue weighted by Gasteiger charge is 2.31. The molecule has 1 aliphatic rings. The van der Waals surface area contributed by atoms with Crippen molar-refractivity contribution in [3.63, 3.8) is 0 Å². The van der Waals surface area contributed by atoms with Gasteiger partial charge in [0.1, 0.15) is 5.82 Å². The first-order valence-corrected chi connectivity index (χ1v) is 7.45. The Morgan fingerprint density at radius 3 is 2.89 bits per heavy atom. The molecule has 18 heavy (non-hydrogen) atoms. The Morgan fingerprint density at radius 2 is 2.17 bits per heavy atom. The van der Waals surface area contributed by atoms with Crippen molar-refractivity contribution in [3.05, 3.63) is 35.6 Å². The van der Waals surface area contributed by atoms with Crippen molar-refractivity contribution in [2.24, 2.45) is 0 Å². The van der Waals surface area contributed by atoms with Crippen LogP contribution in [0.3, 0.4) is 0 Å². The number of hydrogen-bond donors (Lipinski definition) is 1. The molecule has 2 rings (SSSR count). The van der Waals surface area contributed by atoms with Crippen molar-refractivity contribution in [2.75, 3.05) is 19.6 Å². The molecule has 0 saturated carbocycles. The van der Waals surface area contributed by atoms with Crippen molar-refractivity contribution in [2.45, 2.75) is 18.7 Å². The molecule has 0 spiro atoms. The maximum absolute atomic E-state index is 13.6. The lowest BCUT2D eigenvalue weighted by Crippen LogP contribution is -2.37. The second-order valence-electron chi connectivity index (χ2n) is 4.48. The second-order valence-corrected chi connectivity index (χ2v) is 6.84. The first kappa shape index (κ1) is 13.5. The first-order valence-electron chi connectivity index (χ1n) is 5.95. The van der Waals surface area contributed by atoms with Crippen LogP contribution in [0.2, 0.25) is 0 Å². The lowest BCUT2D eigenvalue weighted by Gasteiger charge is -2.22. The molecule has 1 heterocycles. The van der Waals surface area contributed by atoms with Gasteiger partial charge in [0.25, 0.3) is 0 Å². The van der Waals surface area contributed by atoms with Crippen LogP contribution in [0.5, 0.6) is 0 Å². The minimum absolute atomic E-state index is 0.0982. The molecule has 1 N–H and O–H groups in total. The number of benzene rings is 1. The van der Waals surface area contributed by atoms with E-state index in [-0.39, 0.29) is 12.4 Å². The molecular weight excluding hydrogens is 255 g/mol. The largest absolute Gasteiger partial charge is 0.314 e. The van der Waals surface area contributed by atoms with Gasteiger partial charge < -0.3 is 5.32 Å². The molecule has 1 fully saturated rings. The highest BCUT2D eigenvalue weighted by Crippen LogP contribution is 2.17. The fourth-order valence-corrected chi connectivity index (χ4v) is 3.48. The van der Waals surface area contributed by atoms with Crippen LogP contribution in [0.1, 0.15) is 12.5 Å². The highest BCUT2D eigenvalue weighted by atomic mass is 32.2. The van der Waals surface area contributed by atoms with E-state index in [0.29, 0.717) is 25.2 Å². The summed E-state index contributed by atoms with van der Waals surface area (Å²) in [6, 6.07) is 6.28. The van der Waals surface area contributed by atoms with E-state index in [1.807, 2.05) is 0 Å². The summed E-state index contributed by atoms with van der Waals surface area (Å²) in [5, 5.41) is 2.59. The molecule has 0 bridgehead atoms. The fourth-order valence-electron chi connectivity index (χ4n) is 1.98. The van der Waals surface area contributed by atoms with Gasteiger partial charge in [-0.3, -0.25) is 0 Å². The second kappa shape index (κ2) is 5.34. The third-order valence-corrected chi connectivity index (χ3v) is 5.36. The summed E-state index contributed by atoms with van der Waals surface area (Å²) in [6.45, 7) is 3.18. The van der Waals surface area contributed by atoms with E-state index >= 15 is 0 Å². The molecule has 1 unspecified atom stereocenters. The maximum Gasteiger partial charge on any atom is 0.218 e. The topological polar surface area (TPSA) is 49.4 Å². The van der Waals surface area contributed by atoms with E-state index in [2.05, 4.69) is 5.32 Å². The predicted octanol–water partition coefficient (Wildman–Crippen LogP) is 0.949. The van der Waals surface area contributed by atoms with Crippen LogP contribution in [0.4, 0.5) is 4.39 Å². The van der Waals surface area contributed by atoms with Gasteiger partial charge >= 0.3 is 0 Å². The zero-order valence-electron chi connectivity index (χ0n) is 10.3. The molecule has 0 radical (unpaired) electrons. The molecule has 1 saturated heterocycles.